The Hall–Kier alpha value is -3.54. The van der Waals surface area contributed by atoms with Crippen LogP contribution in [0.5, 0.6) is 5.75 Å². The normalized spacial score (nSPS) is 18.0. The molecule has 0 saturated heterocycles. The minimum Gasteiger partial charge on any atom is -0.493 e. The van der Waals surface area contributed by atoms with Gasteiger partial charge in [-0.25, -0.2) is 0 Å². The van der Waals surface area contributed by atoms with Gasteiger partial charge in [0.2, 0.25) is 0 Å². The van der Waals surface area contributed by atoms with Crippen LogP contribution >= 0.6 is 0 Å². The molecule has 0 unspecified atom stereocenters. The number of nitrogens with zero attached hydrogens (tertiary/aromatic N) is 1. The minimum atomic E-state index is -1.15. The Morgan fingerprint density at radius 2 is 1.85 bits per heavy atom. The Morgan fingerprint density at radius 1 is 1.12 bits per heavy atom. The van der Waals surface area contributed by atoms with Crippen LogP contribution in [0.15, 0.2) is 71.3 Å². The summed E-state index contributed by atoms with van der Waals surface area (Å²) in [6.45, 7) is 4.11. The van der Waals surface area contributed by atoms with Gasteiger partial charge in [-0.1, -0.05) is 30.3 Å². The number of carbonyl (C=O) groups is 2. The minimum absolute atomic E-state index is 0.223. The van der Waals surface area contributed by atoms with Crippen molar-refractivity contribution in [2.75, 3.05) is 6.61 Å². The molecule has 0 radical (unpaired) electrons. The lowest BCUT2D eigenvalue weighted by atomic mass is 9.73. The summed E-state index contributed by atoms with van der Waals surface area (Å²) in [4.78, 5) is 26.0. The van der Waals surface area contributed by atoms with E-state index in [0.29, 0.717) is 36.7 Å². The van der Waals surface area contributed by atoms with Crippen LogP contribution in [0, 0.1) is 11.8 Å². The molecule has 1 aliphatic carbocycles. The van der Waals surface area contributed by atoms with Gasteiger partial charge in [0.15, 0.2) is 0 Å². The number of rotatable bonds is 10. The van der Waals surface area contributed by atoms with Crippen molar-refractivity contribution in [1.82, 2.24) is 4.90 Å². The molecule has 3 aromatic rings. The van der Waals surface area contributed by atoms with Crippen molar-refractivity contribution in [3.8, 4) is 17.1 Å². The van der Waals surface area contributed by atoms with Crippen molar-refractivity contribution in [1.29, 1.82) is 0 Å². The second-order valence-electron chi connectivity index (χ2n) is 9.01. The van der Waals surface area contributed by atoms with Gasteiger partial charge in [0.1, 0.15) is 11.5 Å². The van der Waals surface area contributed by atoms with Gasteiger partial charge in [-0.3, -0.25) is 9.59 Å². The molecule has 6 nitrogen and oxygen atoms in total. The van der Waals surface area contributed by atoms with Gasteiger partial charge in [0.05, 0.1) is 20.2 Å². The molecular formula is C28H31NO5. The average Bonchev–Trinajstić information content (AvgIpc) is 3.33. The van der Waals surface area contributed by atoms with Crippen molar-refractivity contribution in [2.24, 2.45) is 11.8 Å². The summed E-state index contributed by atoms with van der Waals surface area (Å²) >= 11 is 0. The monoisotopic (exact) mass is 462 g/mol. The number of carboxylic acids is 1. The molecule has 34 heavy (non-hydrogen) atoms. The van der Waals surface area contributed by atoms with Crippen molar-refractivity contribution in [3.05, 3.63) is 78.1 Å². The Bertz CT molecular complexity index is 1140. The first kappa shape index (κ1) is 22.3. The van der Waals surface area contributed by atoms with E-state index in [1.165, 1.54) is 4.90 Å². The molecule has 1 heterocycles. The van der Waals surface area contributed by atoms with Gasteiger partial charge in [-0.05, 0) is 69.4 Å². The Kier molecular flexibility index (Phi) is 6.94. The van der Waals surface area contributed by atoms with E-state index in [0.717, 1.165) is 23.3 Å². The quantitative estimate of drug-likeness (QED) is 0.407. The van der Waals surface area contributed by atoms with E-state index in [9.17, 15) is 9.59 Å². The number of benzene rings is 2. The van der Waals surface area contributed by atoms with E-state index in [4.69, 9.17) is 15.6 Å². The predicted octanol–water partition coefficient (Wildman–Crippen LogP) is 5.88. The number of aliphatic carboxylic acids is 1. The fraction of sp³-hybridized carbons (Fsp3) is 0.357. The largest absolute Gasteiger partial charge is 0.493 e. The van der Waals surface area contributed by atoms with E-state index in [2.05, 4.69) is 0 Å². The Balaban J connectivity index is 1.43. The fourth-order valence-electron chi connectivity index (χ4n) is 4.26. The third-order valence-electron chi connectivity index (χ3n) is 6.39. The molecule has 0 spiro atoms. The zero-order valence-electron chi connectivity index (χ0n) is 20.6. The Labute approximate surface area is 201 Å². The maximum Gasteiger partial charge on any atom is 0.306 e. The number of furan rings is 1. The average molecular weight is 463 g/mol. The summed E-state index contributed by atoms with van der Waals surface area (Å²) in [5.41, 5.74) is 2.20. The summed E-state index contributed by atoms with van der Waals surface area (Å²) in [5, 5.41) is 9.04. The van der Waals surface area contributed by atoms with E-state index in [-0.39, 0.29) is 18.4 Å². The molecular weight excluding hydrogens is 430 g/mol. The molecule has 6 heteroatoms. The molecule has 1 saturated carbocycles. The first-order valence-electron chi connectivity index (χ1n) is 12.1. The fourth-order valence-corrected chi connectivity index (χ4v) is 4.26. The molecule has 1 N–H and O–H groups in total. The van der Waals surface area contributed by atoms with Crippen LogP contribution in [-0.2, 0) is 11.3 Å². The van der Waals surface area contributed by atoms with Gasteiger partial charge in [-0.15, -0.1) is 0 Å². The molecule has 2 aromatic carbocycles. The second kappa shape index (κ2) is 10.6. The standard InChI is InChI=1S/C28H31NO5/c1-19(2)29(27(30)22-11-9-21(10-12-22)25-8-5-14-33-25)18-23-6-3-4-7-26(23)34-15-13-20-16-24(17-20)28(31)32/h3-12,14,19-20,24H,13,15-18H2,1-2H3,(H,31,32)/i19D. The molecule has 4 rings (SSSR count). The van der Waals surface area contributed by atoms with E-state index < -0.39 is 12.0 Å². The summed E-state index contributed by atoms with van der Waals surface area (Å²) < 4.78 is 20.1. The maximum absolute atomic E-state index is 13.4. The van der Waals surface area contributed by atoms with Crippen LogP contribution in [0.3, 0.4) is 0 Å². The highest BCUT2D eigenvalue weighted by Crippen LogP contribution is 2.36. The zero-order chi connectivity index (χ0) is 25.0. The number of carboxylic acid groups (broad SMARTS) is 1. The van der Waals surface area contributed by atoms with Crippen LogP contribution in [0.1, 0.15) is 50.4 Å². The molecule has 1 aliphatic rings. The number of ether oxygens (including phenoxy) is 1. The van der Waals surface area contributed by atoms with Crippen LogP contribution in [0.2, 0.25) is 0 Å². The molecule has 1 aromatic heterocycles. The molecule has 0 bridgehead atoms. The molecule has 0 atom stereocenters. The number of amides is 1. The summed E-state index contributed by atoms with van der Waals surface area (Å²) in [6, 6.07) is 17.3. The predicted molar refractivity (Wildman–Crippen MR) is 130 cm³/mol. The van der Waals surface area contributed by atoms with Crippen molar-refractivity contribution >= 4 is 11.9 Å². The highest BCUT2D eigenvalue weighted by atomic mass is 16.5. The highest BCUT2D eigenvalue weighted by Gasteiger charge is 2.34. The van der Waals surface area contributed by atoms with Crippen molar-refractivity contribution < 1.29 is 25.2 Å². The van der Waals surface area contributed by atoms with Crippen LogP contribution in [0.4, 0.5) is 0 Å². The zero-order valence-corrected chi connectivity index (χ0v) is 19.6. The third kappa shape index (κ3) is 5.50. The van der Waals surface area contributed by atoms with Crippen LogP contribution in [-0.4, -0.2) is 34.5 Å². The molecule has 1 amide bonds. The number of carbonyl (C=O) groups excluding carboxylic acids is 1. The van der Waals surface area contributed by atoms with Crippen molar-refractivity contribution in [3.63, 3.8) is 0 Å². The van der Waals surface area contributed by atoms with Gasteiger partial charge in [0, 0.05) is 29.3 Å². The topological polar surface area (TPSA) is 80.0 Å². The van der Waals surface area contributed by atoms with E-state index in [1.807, 2.05) is 48.5 Å². The van der Waals surface area contributed by atoms with Crippen molar-refractivity contribution in [2.45, 2.75) is 45.7 Å². The van der Waals surface area contributed by atoms with Gasteiger partial charge < -0.3 is 19.2 Å². The molecule has 0 aliphatic heterocycles. The Morgan fingerprint density at radius 3 is 2.50 bits per heavy atom. The lowest BCUT2D eigenvalue weighted by Gasteiger charge is -2.32. The molecule has 178 valence electrons. The maximum atomic E-state index is 13.4. The number of hydrogen-bond acceptors (Lipinski definition) is 4. The van der Waals surface area contributed by atoms with Gasteiger partial charge in [-0.2, -0.15) is 0 Å². The third-order valence-corrected chi connectivity index (χ3v) is 6.39. The SMILES string of the molecule is [2H]C(C)(C)N(Cc1ccccc1OCCC1CC(C(=O)O)C1)C(=O)c1ccc(-c2ccco2)cc1. The smallest absolute Gasteiger partial charge is 0.306 e. The van der Waals surface area contributed by atoms with Crippen LogP contribution in [0.25, 0.3) is 11.3 Å². The summed E-state index contributed by atoms with van der Waals surface area (Å²) in [5.74, 6) is 0.604. The first-order valence-corrected chi connectivity index (χ1v) is 11.6. The molecule has 1 fully saturated rings. The van der Waals surface area contributed by atoms with E-state index >= 15 is 0 Å². The number of para-hydroxylation sites is 1. The first-order chi connectivity index (χ1) is 16.7. The summed E-state index contributed by atoms with van der Waals surface area (Å²) in [7, 11) is 0. The highest BCUT2D eigenvalue weighted by molar-refractivity contribution is 5.94. The van der Waals surface area contributed by atoms with Crippen LogP contribution < -0.4 is 4.74 Å². The van der Waals surface area contributed by atoms with Gasteiger partial charge >= 0.3 is 5.97 Å². The summed E-state index contributed by atoms with van der Waals surface area (Å²) in [6.07, 6.45) is 3.81. The van der Waals surface area contributed by atoms with E-state index in [1.54, 1.807) is 32.2 Å². The second-order valence-corrected chi connectivity index (χ2v) is 9.01. The van der Waals surface area contributed by atoms with Gasteiger partial charge in [0.25, 0.3) is 5.91 Å². The number of hydrogen-bond donors (Lipinski definition) is 1. The lowest BCUT2D eigenvalue weighted by molar-refractivity contribution is -0.146. The lowest BCUT2D eigenvalue weighted by Crippen LogP contribution is -2.36.